The Morgan fingerprint density at radius 3 is 2.29 bits per heavy atom. The maximum Gasteiger partial charge on any atom is 0.343 e. The molecule has 0 spiro atoms. The van der Waals surface area contributed by atoms with Gasteiger partial charge < -0.3 is 9.47 Å². The van der Waals surface area contributed by atoms with E-state index in [0.29, 0.717) is 17.0 Å². The van der Waals surface area contributed by atoms with Crippen molar-refractivity contribution in [3.63, 3.8) is 0 Å². The second-order valence-corrected chi connectivity index (χ2v) is 8.42. The van der Waals surface area contributed by atoms with E-state index in [0.717, 1.165) is 22.5 Å². The highest BCUT2D eigenvalue weighted by molar-refractivity contribution is 7.92. The van der Waals surface area contributed by atoms with Crippen LogP contribution < -0.4 is 14.5 Å². The van der Waals surface area contributed by atoms with Gasteiger partial charge in [0.1, 0.15) is 12.3 Å². The number of nitrogens with one attached hydrogen (secondary N) is 1. The zero-order valence-corrected chi connectivity index (χ0v) is 18.4. The summed E-state index contributed by atoms with van der Waals surface area (Å²) in [5, 5.41) is 3.85. The first-order valence-electron chi connectivity index (χ1n) is 9.41. The van der Waals surface area contributed by atoms with Gasteiger partial charge in [-0.2, -0.15) is 5.10 Å². The molecule has 0 aliphatic rings. The van der Waals surface area contributed by atoms with Gasteiger partial charge in [-0.25, -0.2) is 18.6 Å². The molecule has 2 aromatic rings. The van der Waals surface area contributed by atoms with Crippen molar-refractivity contribution in [2.75, 3.05) is 30.8 Å². The van der Waals surface area contributed by atoms with E-state index < -0.39 is 28.4 Å². The van der Waals surface area contributed by atoms with Crippen molar-refractivity contribution in [3.8, 4) is 5.75 Å². The van der Waals surface area contributed by atoms with Crippen molar-refractivity contribution >= 4 is 33.8 Å². The fraction of sp³-hybridized carbons (Fsp3) is 0.286. The molecule has 0 aliphatic heterocycles. The number of methoxy groups -OCH3 is 1. The molecule has 10 heteroatoms. The average molecular weight is 448 g/mol. The quantitative estimate of drug-likeness (QED) is 0.337. The minimum absolute atomic E-state index is 0.196. The van der Waals surface area contributed by atoms with Crippen molar-refractivity contribution in [3.05, 3.63) is 59.7 Å². The number of esters is 1. The van der Waals surface area contributed by atoms with Gasteiger partial charge >= 0.3 is 5.97 Å². The van der Waals surface area contributed by atoms with Gasteiger partial charge in [-0.1, -0.05) is 19.1 Å². The van der Waals surface area contributed by atoms with Crippen LogP contribution in [0.15, 0.2) is 53.6 Å². The van der Waals surface area contributed by atoms with Gasteiger partial charge in [0, 0.05) is 0 Å². The number of hydrogen-bond donors (Lipinski definition) is 1. The molecule has 2 rings (SSSR count). The fourth-order valence-corrected chi connectivity index (χ4v) is 3.35. The summed E-state index contributed by atoms with van der Waals surface area (Å²) in [6.07, 6.45) is 3.27. The number of ether oxygens (including phenoxy) is 2. The molecule has 0 saturated carbocycles. The maximum atomic E-state index is 12.2. The first-order valence-corrected chi connectivity index (χ1v) is 11.3. The van der Waals surface area contributed by atoms with Gasteiger partial charge in [0.05, 0.1) is 25.3 Å². The molecule has 0 radical (unpaired) electrons. The van der Waals surface area contributed by atoms with Crippen molar-refractivity contribution in [2.24, 2.45) is 5.10 Å². The Kier molecular flexibility index (Phi) is 8.56. The molecule has 1 amide bonds. The number of hydrogen-bond acceptors (Lipinski definition) is 7. The summed E-state index contributed by atoms with van der Waals surface area (Å²) in [4.78, 5) is 23.3. The molecular formula is C21H25N3O6S. The second-order valence-electron chi connectivity index (χ2n) is 6.52. The minimum atomic E-state index is -3.65. The topological polar surface area (TPSA) is 114 Å². The van der Waals surface area contributed by atoms with Crippen LogP contribution in [-0.4, -0.2) is 53.0 Å². The molecule has 9 nitrogen and oxygen atoms in total. The van der Waals surface area contributed by atoms with Crippen molar-refractivity contribution in [1.82, 2.24) is 5.43 Å². The van der Waals surface area contributed by atoms with Crippen LogP contribution in [0.2, 0.25) is 0 Å². The van der Waals surface area contributed by atoms with Crippen molar-refractivity contribution in [1.29, 1.82) is 0 Å². The standard InChI is InChI=1S/C21H25N3O6S/c1-4-16-5-9-18(10-6-16)24(31(3,27)28)14-20(25)23-22-13-17-7-11-19(12-8-17)30-15-21(26)29-2/h5-13H,4,14-15H2,1-3H3,(H,23,25)/b22-13-. The molecule has 0 atom stereocenters. The Morgan fingerprint density at radius 2 is 1.74 bits per heavy atom. The van der Waals surface area contributed by atoms with Crippen molar-refractivity contribution < 1.29 is 27.5 Å². The number of rotatable bonds is 10. The van der Waals surface area contributed by atoms with Gasteiger partial charge in [0.15, 0.2) is 6.61 Å². The number of sulfonamides is 1. The Labute approximate surface area is 181 Å². The number of anilines is 1. The zero-order valence-electron chi connectivity index (χ0n) is 17.6. The average Bonchev–Trinajstić information content (AvgIpc) is 2.76. The van der Waals surface area contributed by atoms with Crippen LogP contribution in [-0.2, 0) is 30.8 Å². The van der Waals surface area contributed by atoms with Gasteiger partial charge in [0.25, 0.3) is 5.91 Å². The highest BCUT2D eigenvalue weighted by Crippen LogP contribution is 2.18. The Morgan fingerprint density at radius 1 is 1.10 bits per heavy atom. The summed E-state index contributed by atoms with van der Waals surface area (Å²) >= 11 is 0. The third-order valence-corrected chi connectivity index (χ3v) is 5.33. The lowest BCUT2D eigenvalue weighted by atomic mass is 10.1. The number of nitrogens with zero attached hydrogens (tertiary/aromatic N) is 2. The number of hydrazone groups is 1. The van der Waals surface area contributed by atoms with Gasteiger partial charge in [0.2, 0.25) is 10.0 Å². The van der Waals surface area contributed by atoms with E-state index in [9.17, 15) is 18.0 Å². The van der Waals surface area contributed by atoms with E-state index in [1.54, 1.807) is 36.4 Å². The normalized spacial score (nSPS) is 11.2. The van der Waals surface area contributed by atoms with Crippen LogP contribution in [0.1, 0.15) is 18.1 Å². The molecule has 0 bridgehead atoms. The number of amides is 1. The van der Waals surface area contributed by atoms with E-state index in [1.165, 1.54) is 13.3 Å². The van der Waals surface area contributed by atoms with Crippen molar-refractivity contribution in [2.45, 2.75) is 13.3 Å². The monoisotopic (exact) mass is 447 g/mol. The summed E-state index contributed by atoms with van der Waals surface area (Å²) in [6.45, 7) is 1.40. The Hall–Kier alpha value is -3.40. The first kappa shape index (κ1) is 23.9. The van der Waals surface area contributed by atoms with Gasteiger partial charge in [-0.05, 0) is 53.9 Å². The molecule has 0 aromatic heterocycles. The molecule has 166 valence electrons. The highest BCUT2D eigenvalue weighted by Gasteiger charge is 2.20. The fourth-order valence-electron chi connectivity index (χ4n) is 2.49. The Bertz CT molecular complexity index is 1020. The second kappa shape index (κ2) is 11.1. The highest BCUT2D eigenvalue weighted by atomic mass is 32.2. The molecule has 0 heterocycles. The summed E-state index contributed by atoms with van der Waals surface area (Å²) in [6, 6.07) is 13.6. The number of carbonyl (C=O) groups is 2. The maximum absolute atomic E-state index is 12.2. The summed E-state index contributed by atoms with van der Waals surface area (Å²) in [5.74, 6) is -0.596. The SMILES string of the molecule is CCc1ccc(N(CC(=O)N/N=C\c2ccc(OCC(=O)OC)cc2)S(C)(=O)=O)cc1. The molecule has 0 saturated heterocycles. The lowest BCUT2D eigenvalue weighted by Gasteiger charge is -2.21. The minimum Gasteiger partial charge on any atom is -0.482 e. The van der Waals surface area contributed by atoms with Gasteiger partial charge in [-0.15, -0.1) is 0 Å². The number of aryl methyl sites for hydroxylation is 1. The third-order valence-electron chi connectivity index (χ3n) is 4.19. The molecule has 0 unspecified atom stereocenters. The zero-order chi connectivity index (χ0) is 22.9. The summed E-state index contributed by atoms with van der Waals surface area (Å²) in [7, 11) is -2.38. The first-order chi connectivity index (χ1) is 14.7. The number of benzene rings is 2. The number of carbonyl (C=O) groups excluding carboxylic acids is 2. The van der Waals surface area contributed by atoms with Crippen LogP contribution in [0, 0.1) is 0 Å². The predicted molar refractivity (Wildman–Crippen MR) is 118 cm³/mol. The summed E-state index contributed by atoms with van der Waals surface area (Å²) in [5.41, 5.74) is 4.45. The van der Waals surface area contributed by atoms with Crippen LogP contribution in [0.5, 0.6) is 5.75 Å². The summed E-state index contributed by atoms with van der Waals surface area (Å²) < 4.78 is 35.0. The molecule has 0 fully saturated rings. The van der Waals surface area contributed by atoms with E-state index in [1.807, 2.05) is 19.1 Å². The molecule has 0 aliphatic carbocycles. The largest absolute Gasteiger partial charge is 0.482 e. The van der Waals surface area contributed by atoms with Crippen LogP contribution in [0.3, 0.4) is 0 Å². The lowest BCUT2D eigenvalue weighted by Crippen LogP contribution is -2.39. The van der Waals surface area contributed by atoms with E-state index >= 15 is 0 Å². The molecular weight excluding hydrogens is 422 g/mol. The van der Waals surface area contributed by atoms with Crippen LogP contribution in [0.4, 0.5) is 5.69 Å². The third kappa shape index (κ3) is 7.74. The molecule has 31 heavy (non-hydrogen) atoms. The Balaban J connectivity index is 1.95. The molecule has 2 aromatic carbocycles. The lowest BCUT2D eigenvalue weighted by molar-refractivity contribution is -0.142. The van der Waals surface area contributed by atoms with Gasteiger partial charge in [-0.3, -0.25) is 9.10 Å². The molecule has 1 N–H and O–H groups in total. The van der Waals surface area contributed by atoms with E-state index in [4.69, 9.17) is 4.74 Å². The van der Waals surface area contributed by atoms with E-state index in [2.05, 4.69) is 15.3 Å². The van der Waals surface area contributed by atoms with E-state index in [-0.39, 0.29) is 6.61 Å². The van der Waals surface area contributed by atoms with Crippen LogP contribution >= 0.6 is 0 Å². The predicted octanol–water partition coefficient (Wildman–Crippen LogP) is 1.72. The van der Waals surface area contributed by atoms with Crippen LogP contribution in [0.25, 0.3) is 0 Å². The smallest absolute Gasteiger partial charge is 0.343 e.